The van der Waals surface area contributed by atoms with E-state index in [-0.39, 0.29) is 17.8 Å². The number of rotatable bonds is 4. The molecule has 0 amide bonds. The van der Waals surface area contributed by atoms with Gasteiger partial charge in [0.05, 0.1) is 18.3 Å². The van der Waals surface area contributed by atoms with Crippen LogP contribution in [0, 0.1) is 12.7 Å². The molecule has 8 heteroatoms. The fourth-order valence-electron chi connectivity index (χ4n) is 3.18. The lowest BCUT2D eigenvalue weighted by Gasteiger charge is -2.31. The van der Waals surface area contributed by atoms with Crippen molar-refractivity contribution >= 4 is 29.1 Å². The SMILES string of the molecule is CCNc1cc(C2COCCCN2c2cc(C)nc(N)n2)c(Cl)cc1F. The Labute approximate surface area is 157 Å². The molecule has 1 fully saturated rings. The Morgan fingerprint density at radius 1 is 1.38 bits per heavy atom. The third-order valence-electron chi connectivity index (χ3n) is 4.30. The molecule has 1 aromatic heterocycles. The summed E-state index contributed by atoms with van der Waals surface area (Å²) < 4.78 is 19.9. The number of ether oxygens (including phenoxy) is 1. The van der Waals surface area contributed by atoms with E-state index < -0.39 is 0 Å². The number of nitrogens with two attached hydrogens (primary N) is 1. The molecule has 3 N–H and O–H groups in total. The molecule has 0 aliphatic carbocycles. The van der Waals surface area contributed by atoms with Gasteiger partial charge in [-0.15, -0.1) is 0 Å². The Morgan fingerprint density at radius 3 is 2.92 bits per heavy atom. The summed E-state index contributed by atoms with van der Waals surface area (Å²) in [6.45, 7) is 6.21. The maximum atomic E-state index is 14.2. The Kier molecular flexibility index (Phi) is 5.78. The highest BCUT2D eigenvalue weighted by molar-refractivity contribution is 6.31. The van der Waals surface area contributed by atoms with Crippen LogP contribution in [0.15, 0.2) is 18.2 Å². The van der Waals surface area contributed by atoms with E-state index in [1.54, 1.807) is 6.07 Å². The number of hydrogen-bond acceptors (Lipinski definition) is 6. The third kappa shape index (κ3) is 3.99. The van der Waals surface area contributed by atoms with Crippen molar-refractivity contribution in [2.24, 2.45) is 0 Å². The number of benzene rings is 1. The summed E-state index contributed by atoms with van der Waals surface area (Å²) in [4.78, 5) is 10.6. The highest BCUT2D eigenvalue weighted by Crippen LogP contribution is 2.35. The maximum Gasteiger partial charge on any atom is 0.222 e. The molecule has 6 nitrogen and oxygen atoms in total. The normalized spacial score (nSPS) is 17.8. The van der Waals surface area contributed by atoms with Crippen LogP contribution in [0.4, 0.5) is 21.8 Å². The van der Waals surface area contributed by atoms with Crippen LogP contribution in [0.5, 0.6) is 0 Å². The Hall–Kier alpha value is -2.12. The smallest absolute Gasteiger partial charge is 0.222 e. The number of nitrogen functional groups attached to an aromatic ring is 1. The summed E-state index contributed by atoms with van der Waals surface area (Å²) >= 11 is 6.40. The summed E-state index contributed by atoms with van der Waals surface area (Å²) in [6.07, 6.45) is 0.846. The van der Waals surface area contributed by atoms with Gasteiger partial charge in [-0.25, -0.2) is 9.37 Å². The lowest BCUT2D eigenvalue weighted by atomic mass is 10.0. The van der Waals surface area contributed by atoms with Crippen LogP contribution in [-0.2, 0) is 4.74 Å². The molecule has 1 unspecified atom stereocenters. The summed E-state index contributed by atoms with van der Waals surface area (Å²) in [7, 11) is 0. The van der Waals surface area contributed by atoms with Crippen molar-refractivity contribution < 1.29 is 9.13 Å². The fourth-order valence-corrected chi connectivity index (χ4v) is 3.45. The molecule has 140 valence electrons. The molecular formula is C18H23ClFN5O. The predicted octanol–water partition coefficient (Wildman–Crippen LogP) is 3.56. The van der Waals surface area contributed by atoms with Gasteiger partial charge in [0.25, 0.3) is 0 Å². The largest absolute Gasteiger partial charge is 0.383 e. The molecule has 1 atom stereocenters. The van der Waals surface area contributed by atoms with E-state index in [9.17, 15) is 4.39 Å². The quantitative estimate of drug-likeness (QED) is 0.845. The molecule has 1 aliphatic heterocycles. The predicted molar refractivity (Wildman–Crippen MR) is 102 cm³/mol. The van der Waals surface area contributed by atoms with Gasteiger partial charge in [-0.1, -0.05) is 11.6 Å². The highest BCUT2D eigenvalue weighted by atomic mass is 35.5. The first kappa shape index (κ1) is 18.7. The number of nitrogens with one attached hydrogen (secondary N) is 1. The molecule has 0 bridgehead atoms. The van der Waals surface area contributed by atoms with E-state index in [0.29, 0.717) is 30.5 Å². The second-order valence-electron chi connectivity index (χ2n) is 6.25. The second kappa shape index (κ2) is 8.05. The summed E-state index contributed by atoms with van der Waals surface area (Å²) in [5, 5.41) is 3.40. The Balaban J connectivity index is 2.06. The summed E-state index contributed by atoms with van der Waals surface area (Å²) in [5.41, 5.74) is 7.84. The van der Waals surface area contributed by atoms with Gasteiger partial charge in [0.2, 0.25) is 5.95 Å². The van der Waals surface area contributed by atoms with E-state index in [1.165, 1.54) is 6.07 Å². The first-order valence-corrected chi connectivity index (χ1v) is 9.05. The summed E-state index contributed by atoms with van der Waals surface area (Å²) in [6, 6.07) is 4.79. The van der Waals surface area contributed by atoms with E-state index in [1.807, 2.05) is 19.9 Å². The van der Waals surface area contributed by atoms with Crippen LogP contribution < -0.4 is 16.0 Å². The van der Waals surface area contributed by atoms with Gasteiger partial charge in [-0.3, -0.25) is 0 Å². The molecule has 0 radical (unpaired) electrons. The third-order valence-corrected chi connectivity index (χ3v) is 4.63. The summed E-state index contributed by atoms with van der Waals surface area (Å²) in [5.74, 6) is 0.571. The standard InChI is InChI=1S/C18H23ClFN5O/c1-3-22-15-8-12(13(19)9-14(15)20)16-10-26-6-4-5-25(16)17-7-11(2)23-18(21)24-17/h7-9,16,22H,3-6,10H2,1-2H3,(H2,21,23,24). The van der Waals surface area contributed by atoms with Crippen LogP contribution in [0.3, 0.4) is 0 Å². The van der Waals surface area contributed by atoms with E-state index in [0.717, 1.165) is 30.0 Å². The molecule has 3 rings (SSSR count). The molecule has 1 saturated heterocycles. The lowest BCUT2D eigenvalue weighted by molar-refractivity contribution is 0.134. The van der Waals surface area contributed by atoms with Gasteiger partial charge in [0.1, 0.15) is 11.6 Å². The zero-order chi connectivity index (χ0) is 18.7. The highest BCUT2D eigenvalue weighted by Gasteiger charge is 2.28. The molecule has 26 heavy (non-hydrogen) atoms. The molecule has 2 heterocycles. The minimum atomic E-state index is -0.371. The van der Waals surface area contributed by atoms with E-state index in [4.69, 9.17) is 22.1 Å². The van der Waals surface area contributed by atoms with Gasteiger partial charge in [-0.05, 0) is 38.0 Å². The Bertz CT molecular complexity index is 768. The number of halogens is 2. The van der Waals surface area contributed by atoms with E-state index in [2.05, 4.69) is 20.2 Å². The Morgan fingerprint density at radius 2 is 2.19 bits per heavy atom. The molecule has 0 spiro atoms. The van der Waals surface area contributed by atoms with Crippen molar-refractivity contribution in [1.82, 2.24) is 9.97 Å². The molecule has 2 aromatic rings. The van der Waals surface area contributed by atoms with Gasteiger partial charge < -0.3 is 20.7 Å². The zero-order valence-corrected chi connectivity index (χ0v) is 15.7. The van der Waals surface area contributed by atoms with Crippen molar-refractivity contribution in [3.05, 3.63) is 40.3 Å². The van der Waals surface area contributed by atoms with Crippen molar-refractivity contribution in [2.45, 2.75) is 26.3 Å². The van der Waals surface area contributed by atoms with Gasteiger partial charge >= 0.3 is 0 Å². The van der Waals surface area contributed by atoms with Crippen molar-refractivity contribution in [2.75, 3.05) is 42.3 Å². The average Bonchev–Trinajstić information content (AvgIpc) is 2.82. The second-order valence-corrected chi connectivity index (χ2v) is 6.65. The van der Waals surface area contributed by atoms with Crippen LogP contribution in [-0.4, -0.2) is 36.3 Å². The molecule has 0 saturated carbocycles. The van der Waals surface area contributed by atoms with Crippen molar-refractivity contribution in [3.8, 4) is 0 Å². The molecular weight excluding hydrogens is 357 g/mol. The number of aromatic nitrogens is 2. The van der Waals surface area contributed by atoms with Crippen LogP contribution in [0.25, 0.3) is 0 Å². The average molecular weight is 380 g/mol. The fraction of sp³-hybridized carbons (Fsp3) is 0.444. The van der Waals surface area contributed by atoms with Gasteiger partial charge in [-0.2, -0.15) is 4.98 Å². The topological polar surface area (TPSA) is 76.3 Å². The maximum absolute atomic E-state index is 14.2. The van der Waals surface area contributed by atoms with Crippen LogP contribution >= 0.6 is 11.6 Å². The number of hydrogen-bond donors (Lipinski definition) is 2. The monoisotopic (exact) mass is 379 g/mol. The van der Waals surface area contributed by atoms with Crippen LogP contribution in [0.1, 0.15) is 30.6 Å². The first-order valence-electron chi connectivity index (χ1n) is 8.68. The van der Waals surface area contributed by atoms with Crippen molar-refractivity contribution in [1.29, 1.82) is 0 Å². The number of anilines is 3. The minimum absolute atomic E-state index is 0.197. The first-order chi connectivity index (χ1) is 12.5. The van der Waals surface area contributed by atoms with Crippen molar-refractivity contribution in [3.63, 3.8) is 0 Å². The molecule has 1 aliphatic rings. The zero-order valence-electron chi connectivity index (χ0n) is 14.9. The van der Waals surface area contributed by atoms with E-state index >= 15 is 0 Å². The minimum Gasteiger partial charge on any atom is -0.383 e. The number of nitrogens with zero attached hydrogens (tertiary/aromatic N) is 3. The molecule has 1 aromatic carbocycles. The van der Waals surface area contributed by atoms with Gasteiger partial charge in [0, 0.05) is 36.5 Å². The van der Waals surface area contributed by atoms with Crippen LogP contribution in [0.2, 0.25) is 5.02 Å². The lowest BCUT2D eigenvalue weighted by Crippen LogP contribution is -2.32. The van der Waals surface area contributed by atoms with Gasteiger partial charge in [0.15, 0.2) is 0 Å². The number of aryl methyl sites for hydroxylation is 1.